The van der Waals surface area contributed by atoms with Crippen LogP contribution in [0.1, 0.15) is 0 Å². The first-order valence-corrected chi connectivity index (χ1v) is 21.0. The number of fused-ring (bicyclic) bond motifs is 12. The van der Waals surface area contributed by atoms with Gasteiger partial charge in [-0.2, -0.15) is 0 Å². The Balaban J connectivity index is 1.06. The van der Waals surface area contributed by atoms with Gasteiger partial charge in [-0.3, -0.25) is 0 Å². The average molecular weight is 760 g/mol. The second-order valence-corrected chi connectivity index (χ2v) is 17.0. The molecule has 0 saturated heterocycles. The number of thiophene rings is 2. The van der Waals surface area contributed by atoms with Crippen molar-refractivity contribution in [2.24, 2.45) is 0 Å². The molecule has 0 unspecified atom stereocenters. The van der Waals surface area contributed by atoms with E-state index in [1.54, 1.807) is 0 Å². The summed E-state index contributed by atoms with van der Waals surface area (Å²) < 4.78 is 5.27. The van der Waals surface area contributed by atoms with Crippen LogP contribution in [0.2, 0.25) is 0 Å². The molecular weight excluding hydrogens is 727 g/mol. The fourth-order valence-electron chi connectivity index (χ4n) is 8.96. The molecular formula is C54H33NS2. The van der Waals surface area contributed by atoms with Crippen molar-refractivity contribution in [3.05, 3.63) is 200 Å². The van der Waals surface area contributed by atoms with E-state index in [2.05, 4.69) is 205 Å². The number of benzene rings is 10. The van der Waals surface area contributed by atoms with Crippen LogP contribution >= 0.6 is 22.7 Å². The third-order valence-electron chi connectivity index (χ3n) is 11.6. The maximum absolute atomic E-state index is 2.43. The Morgan fingerprint density at radius 3 is 1.49 bits per heavy atom. The molecule has 0 aliphatic heterocycles. The van der Waals surface area contributed by atoms with Crippen molar-refractivity contribution < 1.29 is 0 Å². The van der Waals surface area contributed by atoms with E-state index in [-0.39, 0.29) is 0 Å². The maximum atomic E-state index is 2.43. The smallest absolute Gasteiger partial charge is 0.0468 e. The largest absolute Gasteiger partial charge is 0.310 e. The van der Waals surface area contributed by atoms with Gasteiger partial charge in [-0.15, -0.1) is 22.7 Å². The summed E-state index contributed by atoms with van der Waals surface area (Å²) >= 11 is 3.77. The highest BCUT2D eigenvalue weighted by Gasteiger charge is 2.18. The van der Waals surface area contributed by atoms with E-state index in [0.717, 1.165) is 17.1 Å². The van der Waals surface area contributed by atoms with Gasteiger partial charge in [-0.1, -0.05) is 140 Å². The van der Waals surface area contributed by atoms with E-state index >= 15 is 0 Å². The van der Waals surface area contributed by atoms with Crippen LogP contribution < -0.4 is 4.90 Å². The van der Waals surface area contributed by atoms with Crippen LogP contribution in [0.4, 0.5) is 17.1 Å². The zero-order valence-electron chi connectivity index (χ0n) is 30.8. The lowest BCUT2D eigenvalue weighted by molar-refractivity contribution is 1.30. The Hall–Kier alpha value is -6.78. The average Bonchev–Trinajstić information content (AvgIpc) is 3.85. The van der Waals surface area contributed by atoms with Gasteiger partial charge in [-0.25, -0.2) is 0 Å². The van der Waals surface area contributed by atoms with Gasteiger partial charge >= 0.3 is 0 Å². The Morgan fingerprint density at radius 2 is 0.754 bits per heavy atom. The number of hydrogen-bond donors (Lipinski definition) is 0. The van der Waals surface area contributed by atoms with Gasteiger partial charge in [0.05, 0.1) is 0 Å². The Bertz CT molecular complexity index is 3490. The zero-order valence-corrected chi connectivity index (χ0v) is 32.4. The van der Waals surface area contributed by atoms with E-state index < -0.39 is 0 Å². The summed E-state index contributed by atoms with van der Waals surface area (Å²) in [5.74, 6) is 0. The highest BCUT2D eigenvalue weighted by Crippen LogP contribution is 2.46. The van der Waals surface area contributed by atoms with E-state index in [4.69, 9.17) is 0 Å². The van der Waals surface area contributed by atoms with Crippen molar-refractivity contribution in [2.75, 3.05) is 4.90 Å². The summed E-state index contributed by atoms with van der Waals surface area (Å²) in [5.41, 5.74) is 8.36. The first-order valence-electron chi connectivity index (χ1n) is 19.4. The summed E-state index contributed by atoms with van der Waals surface area (Å²) in [7, 11) is 0. The molecule has 0 spiro atoms. The Labute approximate surface area is 337 Å². The number of anilines is 3. The molecule has 0 aliphatic carbocycles. The second-order valence-electron chi connectivity index (χ2n) is 14.8. The van der Waals surface area contributed by atoms with Crippen LogP contribution in [0.15, 0.2) is 200 Å². The maximum Gasteiger partial charge on any atom is 0.0468 e. The predicted octanol–water partition coefficient (Wildman–Crippen LogP) is 16.7. The molecule has 2 heterocycles. The molecule has 2 aromatic heterocycles. The van der Waals surface area contributed by atoms with E-state index in [1.807, 2.05) is 22.7 Å². The minimum atomic E-state index is 1.12. The minimum absolute atomic E-state index is 1.12. The highest BCUT2D eigenvalue weighted by molar-refractivity contribution is 7.26. The van der Waals surface area contributed by atoms with E-state index in [9.17, 15) is 0 Å². The first kappa shape index (κ1) is 32.5. The van der Waals surface area contributed by atoms with E-state index in [0.29, 0.717) is 0 Å². The van der Waals surface area contributed by atoms with Crippen molar-refractivity contribution in [3.8, 4) is 22.3 Å². The summed E-state index contributed by atoms with van der Waals surface area (Å²) in [4.78, 5) is 2.43. The number of nitrogens with zero attached hydrogens (tertiary/aromatic N) is 1. The minimum Gasteiger partial charge on any atom is -0.310 e. The molecule has 12 aromatic rings. The topological polar surface area (TPSA) is 3.24 Å². The van der Waals surface area contributed by atoms with Crippen LogP contribution in [-0.2, 0) is 0 Å². The van der Waals surface area contributed by atoms with Gasteiger partial charge in [0.1, 0.15) is 0 Å². The molecule has 0 aliphatic rings. The lowest BCUT2D eigenvalue weighted by Crippen LogP contribution is -2.09. The van der Waals surface area contributed by atoms with Gasteiger partial charge in [0.15, 0.2) is 0 Å². The fourth-order valence-corrected chi connectivity index (χ4v) is 11.3. The van der Waals surface area contributed by atoms with Crippen LogP contribution in [0.3, 0.4) is 0 Å². The van der Waals surface area contributed by atoms with Gasteiger partial charge in [0.2, 0.25) is 0 Å². The lowest BCUT2D eigenvalue weighted by Gasteiger charge is -2.26. The van der Waals surface area contributed by atoms with Gasteiger partial charge < -0.3 is 4.90 Å². The summed E-state index contributed by atoms with van der Waals surface area (Å²) in [6.45, 7) is 0. The third-order valence-corrected chi connectivity index (χ3v) is 14.0. The molecule has 0 N–H and O–H groups in total. The quantitative estimate of drug-likeness (QED) is 0.158. The van der Waals surface area contributed by atoms with Crippen molar-refractivity contribution in [1.29, 1.82) is 0 Å². The first-order chi connectivity index (χ1) is 28.2. The molecule has 1 nitrogen and oxygen atoms in total. The fraction of sp³-hybridized carbons (Fsp3) is 0. The van der Waals surface area contributed by atoms with Crippen LogP contribution in [0.5, 0.6) is 0 Å². The van der Waals surface area contributed by atoms with E-state index in [1.165, 1.54) is 94.9 Å². The molecule has 12 rings (SSSR count). The van der Waals surface area contributed by atoms with Crippen LogP contribution in [0.25, 0.3) is 94.9 Å². The standard InChI is InChI=1S/C54H33NS2/c1-2-11-34(12-3-1)35-21-24-37(25-22-35)55(38-26-28-45-43-15-5-4-13-41(43)42-14-6-7-16-44(42)48(45)32-38)39-27-30-53-50(33-39)49-31-36(23-29-52(49)56-53)40-18-10-19-47-46-17-8-9-20-51(46)57-54(40)47/h1-33H. The van der Waals surface area contributed by atoms with Crippen molar-refractivity contribution >= 4 is 112 Å². The number of hydrogen-bond acceptors (Lipinski definition) is 3. The normalized spacial score (nSPS) is 11.9. The molecule has 0 radical (unpaired) electrons. The molecule has 10 aromatic carbocycles. The summed E-state index contributed by atoms with van der Waals surface area (Å²) in [6, 6.07) is 73.9. The predicted molar refractivity (Wildman–Crippen MR) is 250 cm³/mol. The summed E-state index contributed by atoms with van der Waals surface area (Å²) in [5, 5.41) is 12.9. The summed E-state index contributed by atoms with van der Waals surface area (Å²) in [6.07, 6.45) is 0. The van der Waals surface area contributed by atoms with Crippen LogP contribution in [0, 0.1) is 0 Å². The zero-order chi connectivity index (χ0) is 37.5. The Kier molecular flexibility index (Phi) is 7.34. The lowest BCUT2D eigenvalue weighted by atomic mass is 9.94. The molecule has 0 amide bonds. The van der Waals surface area contributed by atoms with Crippen molar-refractivity contribution in [3.63, 3.8) is 0 Å². The second kappa shape index (κ2) is 12.9. The monoisotopic (exact) mass is 759 g/mol. The molecule has 0 atom stereocenters. The SMILES string of the molecule is c1ccc(-c2ccc(N(c3ccc4sc5ccc(-c6cccc7c6sc6ccccc67)cc5c4c3)c3ccc4c5ccccc5c5ccccc5c4c3)cc2)cc1. The van der Waals surface area contributed by atoms with Crippen molar-refractivity contribution in [2.45, 2.75) is 0 Å². The number of rotatable bonds is 5. The third kappa shape index (κ3) is 5.20. The van der Waals surface area contributed by atoms with Gasteiger partial charge in [0.25, 0.3) is 0 Å². The Morgan fingerprint density at radius 1 is 0.263 bits per heavy atom. The van der Waals surface area contributed by atoms with Gasteiger partial charge in [0, 0.05) is 57.4 Å². The molecule has 266 valence electrons. The van der Waals surface area contributed by atoms with Crippen molar-refractivity contribution in [1.82, 2.24) is 0 Å². The van der Waals surface area contributed by atoms with Crippen LogP contribution in [-0.4, -0.2) is 0 Å². The highest BCUT2D eigenvalue weighted by atomic mass is 32.1. The van der Waals surface area contributed by atoms with Gasteiger partial charge in [-0.05, 0) is 115 Å². The molecule has 57 heavy (non-hydrogen) atoms. The molecule has 0 saturated carbocycles. The molecule has 3 heteroatoms. The molecule has 0 fully saturated rings. The molecule has 0 bridgehead atoms.